The van der Waals surface area contributed by atoms with Gasteiger partial charge in [0.05, 0.1) is 6.20 Å². The highest BCUT2D eigenvalue weighted by atomic mass is 16.3. The molecule has 1 amide bonds. The van der Waals surface area contributed by atoms with Crippen LogP contribution in [0.3, 0.4) is 0 Å². The number of hydrogen-bond acceptors (Lipinski definition) is 4. The van der Waals surface area contributed by atoms with E-state index < -0.39 is 0 Å². The van der Waals surface area contributed by atoms with Gasteiger partial charge in [-0.25, -0.2) is 4.98 Å². The fraction of sp³-hybridized carbons (Fsp3) is 0.0952. The third-order valence-electron chi connectivity index (χ3n) is 4.89. The van der Waals surface area contributed by atoms with Gasteiger partial charge < -0.3 is 14.3 Å². The molecule has 0 bridgehead atoms. The van der Waals surface area contributed by atoms with Gasteiger partial charge in [-0.1, -0.05) is 18.2 Å². The van der Waals surface area contributed by atoms with Crippen molar-refractivity contribution in [1.82, 2.24) is 19.9 Å². The Hall–Kier alpha value is -3.67. The molecule has 1 aromatic carbocycles. The molecule has 6 heteroatoms. The highest BCUT2D eigenvalue weighted by Crippen LogP contribution is 2.40. The van der Waals surface area contributed by atoms with E-state index in [2.05, 4.69) is 33.2 Å². The van der Waals surface area contributed by atoms with Crippen molar-refractivity contribution in [1.29, 1.82) is 0 Å². The van der Waals surface area contributed by atoms with Crippen LogP contribution in [0.25, 0.3) is 11.1 Å². The number of rotatable bonds is 3. The Morgan fingerprint density at radius 2 is 2.07 bits per heavy atom. The van der Waals surface area contributed by atoms with Gasteiger partial charge in [0.1, 0.15) is 11.7 Å². The number of nitrogens with zero attached hydrogens (tertiary/aromatic N) is 3. The van der Waals surface area contributed by atoms with Gasteiger partial charge in [0.25, 0.3) is 5.91 Å². The molecule has 0 saturated carbocycles. The third kappa shape index (κ3) is 2.62. The Morgan fingerprint density at radius 3 is 2.81 bits per heavy atom. The monoisotopic (exact) mass is 356 g/mol. The van der Waals surface area contributed by atoms with Crippen LogP contribution in [-0.4, -0.2) is 25.8 Å². The zero-order valence-electron chi connectivity index (χ0n) is 14.4. The third-order valence-corrected chi connectivity index (χ3v) is 4.89. The molecular weight excluding hydrogens is 340 g/mol. The van der Waals surface area contributed by atoms with Crippen molar-refractivity contribution < 1.29 is 9.21 Å². The maximum absolute atomic E-state index is 13.1. The lowest BCUT2D eigenvalue weighted by molar-refractivity contribution is 0.0698. The van der Waals surface area contributed by atoms with Gasteiger partial charge >= 0.3 is 0 Å². The number of aromatic nitrogens is 3. The van der Waals surface area contributed by atoms with Crippen molar-refractivity contribution in [2.75, 3.05) is 0 Å². The number of carbonyl (C=O) groups is 1. The Balaban J connectivity index is 1.58. The topological polar surface area (TPSA) is 75.0 Å². The maximum Gasteiger partial charge on any atom is 0.271 e. The van der Waals surface area contributed by atoms with Crippen LogP contribution >= 0.6 is 0 Å². The lowest BCUT2D eigenvalue weighted by Crippen LogP contribution is -2.30. The Bertz CT molecular complexity index is 1070. The zero-order valence-corrected chi connectivity index (χ0v) is 14.4. The maximum atomic E-state index is 13.1. The van der Waals surface area contributed by atoms with Crippen LogP contribution < -0.4 is 0 Å². The Kier molecular flexibility index (Phi) is 3.60. The number of hydrogen-bond donors (Lipinski definition) is 1. The minimum Gasteiger partial charge on any atom is -0.446 e. The summed E-state index contributed by atoms with van der Waals surface area (Å²) in [6.45, 7) is 0.507. The highest BCUT2D eigenvalue weighted by molar-refractivity contribution is 5.93. The van der Waals surface area contributed by atoms with Gasteiger partial charge in [-0.3, -0.25) is 9.78 Å². The first kappa shape index (κ1) is 15.6. The standard InChI is InChI=1S/C21H16N4O2/c26-21(18-4-2-8-24-18)25-12-16-9-14(15-3-1-7-22-10-15)5-6-17(16)20(25)19-11-23-13-27-19/h1-11,13,20,24H,12H2. The van der Waals surface area contributed by atoms with E-state index in [9.17, 15) is 4.79 Å². The summed E-state index contributed by atoms with van der Waals surface area (Å²) in [4.78, 5) is 26.1. The molecule has 0 saturated heterocycles. The van der Waals surface area contributed by atoms with E-state index in [0.29, 0.717) is 18.0 Å². The molecule has 4 aromatic rings. The van der Waals surface area contributed by atoms with Gasteiger partial charge in [0.15, 0.2) is 12.2 Å². The van der Waals surface area contributed by atoms with Crippen molar-refractivity contribution in [2.24, 2.45) is 0 Å². The molecule has 6 nitrogen and oxygen atoms in total. The van der Waals surface area contributed by atoms with Crippen LogP contribution in [-0.2, 0) is 6.54 Å². The van der Waals surface area contributed by atoms with E-state index in [1.807, 2.05) is 29.3 Å². The fourth-order valence-corrected chi connectivity index (χ4v) is 3.64. The largest absolute Gasteiger partial charge is 0.446 e. The lowest BCUT2D eigenvalue weighted by atomic mass is 9.98. The van der Waals surface area contributed by atoms with E-state index in [-0.39, 0.29) is 11.9 Å². The number of oxazole rings is 1. The van der Waals surface area contributed by atoms with E-state index in [1.54, 1.807) is 24.7 Å². The van der Waals surface area contributed by atoms with E-state index >= 15 is 0 Å². The van der Waals surface area contributed by atoms with Crippen LogP contribution in [0.2, 0.25) is 0 Å². The summed E-state index contributed by atoms with van der Waals surface area (Å²) < 4.78 is 5.56. The van der Waals surface area contributed by atoms with Crippen molar-refractivity contribution in [3.8, 4) is 11.1 Å². The molecule has 0 spiro atoms. The second-order valence-corrected chi connectivity index (χ2v) is 6.48. The SMILES string of the molecule is O=C(c1ccc[nH]1)N1Cc2cc(-c3cccnc3)ccc2C1c1cnco1. The smallest absolute Gasteiger partial charge is 0.271 e. The van der Waals surface area contributed by atoms with Crippen molar-refractivity contribution in [3.63, 3.8) is 0 Å². The minimum atomic E-state index is -0.291. The van der Waals surface area contributed by atoms with E-state index in [4.69, 9.17) is 4.42 Å². The molecule has 5 rings (SSSR count). The second-order valence-electron chi connectivity index (χ2n) is 6.48. The molecule has 4 heterocycles. The fourth-order valence-electron chi connectivity index (χ4n) is 3.64. The average molecular weight is 356 g/mol. The number of nitrogens with one attached hydrogen (secondary N) is 1. The molecule has 1 atom stereocenters. The number of aromatic amines is 1. The molecule has 1 aliphatic rings. The van der Waals surface area contributed by atoms with Crippen LogP contribution in [0.15, 0.2) is 78.1 Å². The number of fused-ring (bicyclic) bond motifs is 1. The van der Waals surface area contributed by atoms with Crippen molar-refractivity contribution in [2.45, 2.75) is 12.6 Å². The summed E-state index contributed by atoms with van der Waals surface area (Å²) in [6, 6.07) is 13.5. The molecular formula is C21H16N4O2. The van der Waals surface area contributed by atoms with E-state index in [1.165, 1.54) is 6.39 Å². The number of pyridine rings is 1. The van der Waals surface area contributed by atoms with Crippen LogP contribution in [0.5, 0.6) is 0 Å². The first-order valence-corrected chi connectivity index (χ1v) is 8.67. The van der Waals surface area contributed by atoms with Gasteiger partial charge in [0.2, 0.25) is 0 Å². The molecule has 3 aromatic heterocycles. The summed E-state index contributed by atoms with van der Waals surface area (Å²) in [5, 5.41) is 0. The predicted octanol–water partition coefficient (Wildman–Crippen LogP) is 3.81. The van der Waals surface area contributed by atoms with E-state index in [0.717, 1.165) is 22.3 Å². The first-order chi connectivity index (χ1) is 13.3. The predicted molar refractivity (Wildman–Crippen MR) is 98.7 cm³/mol. The molecule has 1 unspecified atom stereocenters. The number of H-pyrrole nitrogens is 1. The summed E-state index contributed by atoms with van der Waals surface area (Å²) >= 11 is 0. The average Bonchev–Trinajstić information content (AvgIpc) is 3.47. The lowest BCUT2D eigenvalue weighted by Gasteiger charge is -2.22. The summed E-state index contributed by atoms with van der Waals surface area (Å²) in [5.41, 5.74) is 4.83. The van der Waals surface area contributed by atoms with Crippen LogP contribution in [0.1, 0.15) is 33.4 Å². The summed E-state index contributed by atoms with van der Waals surface area (Å²) in [7, 11) is 0. The normalized spacial score (nSPS) is 15.7. The van der Waals surface area contributed by atoms with Gasteiger partial charge in [-0.15, -0.1) is 0 Å². The molecule has 0 fully saturated rings. The number of benzene rings is 1. The second kappa shape index (κ2) is 6.25. The summed E-state index contributed by atoms with van der Waals surface area (Å²) in [5.74, 6) is 0.586. The van der Waals surface area contributed by atoms with Crippen molar-refractivity contribution in [3.05, 3.63) is 96.2 Å². The quantitative estimate of drug-likeness (QED) is 0.606. The van der Waals surface area contributed by atoms with Gasteiger partial charge in [0, 0.05) is 25.1 Å². The Morgan fingerprint density at radius 1 is 1.11 bits per heavy atom. The molecule has 0 aliphatic carbocycles. The molecule has 0 radical (unpaired) electrons. The number of carbonyl (C=O) groups excluding carboxylic acids is 1. The zero-order chi connectivity index (χ0) is 18.2. The van der Waals surface area contributed by atoms with Gasteiger partial charge in [-0.05, 0) is 46.5 Å². The molecule has 132 valence electrons. The molecule has 1 N–H and O–H groups in total. The summed E-state index contributed by atoms with van der Waals surface area (Å²) in [6.07, 6.45) is 8.42. The van der Waals surface area contributed by atoms with Gasteiger partial charge in [-0.2, -0.15) is 0 Å². The molecule has 27 heavy (non-hydrogen) atoms. The van der Waals surface area contributed by atoms with Crippen LogP contribution in [0.4, 0.5) is 0 Å². The van der Waals surface area contributed by atoms with Crippen LogP contribution in [0, 0.1) is 0 Å². The molecule has 1 aliphatic heterocycles. The van der Waals surface area contributed by atoms with Crippen molar-refractivity contribution >= 4 is 5.91 Å². The minimum absolute atomic E-state index is 0.0690. The highest BCUT2D eigenvalue weighted by Gasteiger charge is 2.37. The Labute approximate surface area is 155 Å². The number of amides is 1. The first-order valence-electron chi connectivity index (χ1n) is 8.67.